The zero-order valence-electron chi connectivity index (χ0n) is 9.31. The van der Waals surface area contributed by atoms with E-state index in [4.69, 9.17) is 0 Å². The SMILES string of the molecule is Cc1c(O)cccc1-c1nc2ccncc2[nH]1. The second kappa shape index (κ2) is 3.59. The van der Waals surface area contributed by atoms with Gasteiger partial charge in [0.25, 0.3) is 0 Å². The van der Waals surface area contributed by atoms with Crippen molar-refractivity contribution in [3.05, 3.63) is 42.2 Å². The Hall–Kier alpha value is -2.36. The van der Waals surface area contributed by atoms with Gasteiger partial charge in [-0.2, -0.15) is 0 Å². The molecule has 0 amide bonds. The van der Waals surface area contributed by atoms with E-state index >= 15 is 0 Å². The zero-order valence-corrected chi connectivity index (χ0v) is 9.31. The number of aromatic hydroxyl groups is 1. The van der Waals surface area contributed by atoms with Gasteiger partial charge in [-0.05, 0) is 19.1 Å². The fraction of sp³-hybridized carbons (Fsp3) is 0.0769. The summed E-state index contributed by atoms with van der Waals surface area (Å²) in [5.74, 6) is 1.03. The highest BCUT2D eigenvalue weighted by Crippen LogP contribution is 2.28. The van der Waals surface area contributed by atoms with Crippen molar-refractivity contribution in [2.24, 2.45) is 0 Å². The number of phenols is 1. The van der Waals surface area contributed by atoms with Gasteiger partial charge in [0, 0.05) is 17.3 Å². The van der Waals surface area contributed by atoms with Crippen molar-refractivity contribution in [3.63, 3.8) is 0 Å². The van der Waals surface area contributed by atoms with Gasteiger partial charge in [0.15, 0.2) is 0 Å². The topological polar surface area (TPSA) is 61.8 Å². The van der Waals surface area contributed by atoms with Gasteiger partial charge in [-0.25, -0.2) is 4.98 Å². The van der Waals surface area contributed by atoms with Gasteiger partial charge in [0.2, 0.25) is 0 Å². The van der Waals surface area contributed by atoms with E-state index < -0.39 is 0 Å². The Morgan fingerprint density at radius 2 is 2.12 bits per heavy atom. The molecule has 0 fully saturated rings. The van der Waals surface area contributed by atoms with Crippen molar-refractivity contribution in [1.82, 2.24) is 15.0 Å². The van der Waals surface area contributed by atoms with E-state index in [-0.39, 0.29) is 5.75 Å². The van der Waals surface area contributed by atoms with E-state index in [2.05, 4.69) is 15.0 Å². The Bertz CT molecular complexity index is 655. The zero-order chi connectivity index (χ0) is 11.8. The minimum atomic E-state index is 0.279. The molecule has 0 atom stereocenters. The standard InChI is InChI=1S/C13H11N3O/c1-8-9(3-2-4-12(8)17)13-15-10-5-6-14-7-11(10)16-13/h2-7,17H,1H3,(H,15,16). The van der Waals surface area contributed by atoms with Gasteiger partial charge in [0.05, 0.1) is 17.2 Å². The van der Waals surface area contributed by atoms with Crippen molar-refractivity contribution in [2.75, 3.05) is 0 Å². The van der Waals surface area contributed by atoms with Gasteiger partial charge in [-0.15, -0.1) is 0 Å². The third-order valence-electron chi connectivity index (χ3n) is 2.84. The van der Waals surface area contributed by atoms with Crippen LogP contribution in [-0.2, 0) is 0 Å². The molecule has 4 heteroatoms. The predicted octanol–water partition coefficient (Wildman–Crippen LogP) is 2.64. The van der Waals surface area contributed by atoms with Gasteiger partial charge in [0.1, 0.15) is 11.6 Å². The highest BCUT2D eigenvalue weighted by atomic mass is 16.3. The van der Waals surface area contributed by atoms with Crippen molar-refractivity contribution < 1.29 is 5.11 Å². The first-order chi connectivity index (χ1) is 8.25. The summed E-state index contributed by atoms with van der Waals surface area (Å²) >= 11 is 0. The molecule has 17 heavy (non-hydrogen) atoms. The molecular weight excluding hydrogens is 214 g/mol. The number of fused-ring (bicyclic) bond motifs is 1. The van der Waals surface area contributed by atoms with Crippen LogP contribution in [-0.4, -0.2) is 20.1 Å². The summed E-state index contributed by atoms with van der Waals surface area (Å²) in [5.41, 5.74) is 3.49. The summed E-state index contributed by atoms with van der Waals surface area (Å²) in [5, 5.41) is 9.68. The van der Waals surface area contributed by atoms with Crippen molar-refractivity contribution in [3.8, 4) is 17.1 Å². The van der Waals surface area contributed by atoms with E-state index in [1.54, 1.807) is 18.5 Å². The summed E-state index contributed by atoms with van der Waals surface area (Å²) in [6.07, 6.45) is 3.45. The van der Waals surface area contributed by atoms with Crippen molar-refractivity contribution >= 4 is 11.0 Å². The number of aromatic nitrogens is 3. The monoisotopic (exact) mass is 225 g/mol. The summed E-state index contributed by atoms with van der Waals surface area (Å²) in [6, 6.07) is 7.26. The summed E-state index contributed by atoms with van der Waals surface area (Å²) in [4.78, 5) is 11.7. The number of imidazole rings is 1. The van der Waals surface area contributed by atoms with Crippen LogP contribution in [0, 0.1) is 6.92 Å². The van der Waals surface area contributed by atoms with Crippen molar-refractivity contribution in [2.45, 2.75) is 6.92 Å². The van der Waals surface area contributed by atoms with Crippen LogP contribution < -0.4 is 0 Å². The van der Waals surface area contributed by atoms with Crippen LogP contribution in [0.1, 0.15) is 5.56 Å². The van der Waals surface area contributed by atoms with Gasteiger partial charge in [-0.3, -0.25) is 4.98 Å². The molecule has 0 saturated carbocycles. The lowest BCUT2D eigenvalue weighted by Gasteiger charge is -2.03. The van der Waals surface area contributed by atoms with Gasteiger partial charge >= 0.3 is 0 Å². The van der Waals surface area contributed by atoms with Crippen LogP contribution in [0.15, 0.2) is 36.7 Å². The smallest absolute Gasteiger partial charge is 0.138 e. The lowest BCUT2D eigenvalue weighted by molar-refractivity contribution is 0.471. The maximum absolute atomic E-state index is 9.68. The number of aromatic amines is 1. The number of nitrogens with one attached hydrogen (secondary N) is 1. The fourth-order valence-electron chi connectivity index (χ4n) is 1.86. The van der Waals surface area contributed by atoms with Crippen molar-refractivity contribution in [1.29, 1.82) is 0 Å². The quantitative estimate of drug-likeness (QED) is 0.669. The first kappa shape index (κ1) is 9.84. The Morgan fingerprint density at radius 1 is 1.24 bits per heavy atom. The molecule has 0 aliphatic carbocycles. The molecule has 1 aromatic carbocycles. The number of rotatable bonds is 1. The molecule has 4 nitrogen and oxygen atoms in total. The van der Waals surface area contributed by atoms with E-state index in [1.807, 2.05) is 25.1 Å². The molecule has 2 heterocycles. The number of hydrogen-bond donors (Lipinski definition) is 2. The maximum atomic E-state index is 9.68. The van der Waals surface area contributed by atoms with E-state index in [0.717, 1.165) is 28.0 Å². The van der Waals surface area contributed by atoms with Crippen LogP contribution in [0.5, 0.6) is 5.75 Å². The second-order valence-corrected chi connectivity index (χ2v) is 3.93. The first-order valence-corrected chi connectivity index (χ1v) is 5.34. The first-order valence-electron chi connectivity index (χ1n) is 5.34. The molecule has 84 valence electrons. The van der Waals surface area contributed by atoms with Crippen LogP contribution in [0.4, 0.5) is 0 Å². The number of nitrogens with zero attached hydrogens (tertiary/aromatic N) is 2. The van der Waals surface area contributed by atoms with Crippen LogP contribution in [0.2, 0.25) is 0 Å². The summed E-state index contributed by atoms with van der Waals surface area (Å²) < 4.78 is 0. The normalized spacial score (nSPS) is 10.9. The molecule has 0 spiro atoms. The highest BCUT2D eigenvalue weighted by molar-refractivity contribution is 5.79. The molecule has 0 aliphatic heterocycles. The lowest BCUT2D eigenvalue weighted by atomic mass is 10.1. The Morgan fingerprint density at radius 3 is 2.94 bits per heavy atom. The molecule has 0 aliphatic rings. The molecular formula is C13H11N3O. The lowest BCUT2D eigenvalue weighted by Crippen LogP contribution is -1.85. The molecule has 0 unspecified atom stereocenters. The minimum Gasteiger partial charge on any atom is -0.508 e. The third kappa shape index (κ3) is 1.54. The minimum absolute atomic E-state index is 0.279. The van der Waals surface area contributed by atoms with E-state index in [0.29, 0.717) is 0 Å². The molecule has 3 aromatic rings. The third-order valence-corrected chi connectivity index (χ3v) is 2.84. The van der Waals surface area contributed by atoms with Crippen LogP contribution in [0.25, 0.3) is 22.4 Å². The average molecular weight is 225 g/mol. The molecule has 0 bridgehead atoms. The maximum Gasteiger partial charge on any atom is 0.138 e. The second-order valence-electron chi connectivity index (χ2n) is 3.93. The number of phenolic OH excluding ortho intramolecular Hbond substituents is 1. The summed E-state index contributed by atoms with van der Waals surface area (Å²) in [7, 11) is 0. The predicted molar refractivity (Wildman–Crippen MR) is 65.7 cm³/mol. The number of benzene rings is 1. The van der Waals surface area contributed by atoms with Gasteiger partial charge in [-0.1, -0.05) is 12.1 Å². The number of H-pyrrole nitrogens is 1. The van der Waals surface area contributed by atoms with E-state index in [1.165, 1.54) is 0 Å². The van der Waals surface area contributed by atoms with Crippen LogP contribution >= 0.6 is 0 Å². The average Bonchev–Trinajstić information content (AvgIpc) is 2.76. The van der Waals surface area contributed by atoms with E-state index in [9.17, 15) is 5.11 Å². The largest absolute Gasteiger partial charge is 0.508 e. The van der Waals surface area contributed by atoms with Crippen LogP contribution in [0.3, 0.4) is 0 Å². The number of pyridine rings is 1. The number of hydrogen-bond acceptors (Lipinski definition) is 3. The molecule has 0 saturated heterocycles. The molecule has 2 aromatic heterocycles. The molecule has 2 N–H and O–H groups in total. The highest BCUT2D eigenvalue weighted by Gasteiger charge is 2.09. The Labute approximate surface area is 98.0 Å². The Kier molecular flexibility index (Phi) is 2.08. The Balaban J connectivity index is 2.24. The molecule has 0 radical (unpaired) electrons. The molecule has 3 rings (SSSR count). The fourth-order valence-corrected chi connectivity index (χ4v) is 1.86. The summed E-state index contributed by atoms with van der Waals surface area (Å²) in [6.45, 7) is 1.87. The van der Waals surface area contributed by atoms with Gasteiger partial charge < -0.3 is 10.1 Å².